The van der Waals surface area contributed by atoms with Gasteiger partial charge in [-0.05, 0) is 36.4 Å². The van der Waals surface area contributed by atoms with Gasteiger partial charge in [-0.2, -0.15) is 0 Å². The largest absolute Gasteiger partial charge is 0.396 e. The molecule has 2 heteroatoms. The molecule has 1 aromatic carbocycles. The lowest BCUT2D eigenvalue weighted by Crippen LogP contribution is -2.36. The summed E-state index contributed by atoms with van der Waals surface area (Å²) in [6.07, 6.45) is 4.24. The van der Waals surface area contributed by atoms with Gasteiger partial charge in [-0.3, -0.25) is 4.90 Å². The summed E-state index contributed by atoms with van der Waals surface area (Å²) < 4.78 is 0. The van der Waals surface area contributed by atoms with Crippen LogP contribution in [0.5, 0.6) is 0 Å². The molecule has 1 aromatic rings. The fourth-order valence-electron chi connectivity index (χ4n) is 2.46. The van der Waals surface area contributed by atoms with Crippen LogP contribution in [0.2, 0.25) is 0 Å². The lowest BCUT2D eigenvalue weighted by molar-refractivity contribution is 0.116. The summed E-state index contributed by atoms with van der Waals surface area (Å²) in [6, 6.07) is 8.55. The number of piperidine rings is 1. The summed E-state index contributed by atoms with van der Waals surface area (Å²) in [4.78, 5) is 2.44. The van der Waals surface area contributed by atoms with Crippen LogP contribution in [0, 0.1) is 5.92 Å². The minimum Gasteiger partial charge on any atom is -0.396 e. The van der Waals surface area contributed by atoms with E-state index in [0.717, 1.165) is 19.6 Å². The van der Waals surface area contributed by atoms with Crippen LogP contribution >= 0.6 is 0 Å². The molecular formula is C15H21NO. The number of hydrogen-bond donors (Lipinski definition) is 1. The zero-order valence-corrected chi connectivity index (χ0v) is 10.3. The molecule has 0 spiro atoms. The molecular weight excluding hydrogens is 210 g/mol. The first-order valence-electron chi connectivity index (χ1n) is 6.36. The molecule has 1 N–H and O–H groups in total. The fraction of sp³-hybridized carbons (Fsp3) is 0.467. The van der Waals surface area contributed by atoms with Crippen LogP contribution in [0.3, 0.4) is 0 Å². The predicted octanol–water partition coefficient (Wildman–Crippen LogP) is 2.53. The van der Waals surface area contributed by atoms with Crippen LogP contribution in [0.25, 0.3) is 6.08 Å². The van der Waals surface area contributed by atoms with E-state index in [2.05, 4.69) is 35.7 Å². The van der Waals surface area contributed by atoms with Gasteiger partial charge in [0.1, 0.15) is 0 Å². The fourth-order valence-corrected chi connectivity index (χ4v) is 2.46. The van der Waals surface area contributed by atoms with Gasteiger partial charge in [0.05, 0.1) is 0 Å². The van der Waals surface area contributed by atoms with E-state index in [1.54, 1.807) is 0 Å². The first-order valence-corrected chi connectivity index (χ1v) is 6.36. The minimum atomic E-state index is 0.325. The molecule has 2 nitrogen and oxygen atoms in total. The van der Waals surface area contributed by atoms with E-state index >= 15 is 0 Å². The van der Waals surface area contributed by atoms with Gasteiger partial charge < -0.3 is 5.11 Å². The van der Waals surface area contributed by atoms with E-state index < -0.39 is 0 Å². The van der Waals surface area contributed by atoms with Crippen LogP contribution < -0.4 is 0 Å². The first-order chi connectivity index (χ1) is 8.31. The molecule has 1 saturated heterocycles. The van der Waals surface area contributed by atoms with Crippen LogP contribution in [-0.4, -0.2) is 29.7 Å². The van der Waals surface area contributed by atoms with Gasteiger partial charge in [0.2, 0.25) is 0 Å². The molecule has 92 valence electrons. The summed E-state index contributed by atoms with van der Waals surface area (Å²) >= 11 is 0. The monoisotopic (exact) mass is 231 g/mol. The summed E-state index contributed by atoms with van der Waals surface area (Å²) in [5, 5.41) is 9.21. The molecule has 0 bridgehead atoms. The predicted molar refractivity (Wildman–Crippen MR) is 71.6 cm³/mol. The zero-order chi connectivity index (χ0) is 12.1. The number of aliphatic hydroxyl groups excluding tert-OH is 1. The number of nitrogens with zero attached hydrogens (tertiary/aromatic N) is 1. The standard InChI is InChI=1S/C15H21NO/c1-2-13-5-7-14(8-6-13)10-16-9-3-4-15(11-16)12-17/h2,5-8,15,17H,1,3-4,9-12H2/t15-/m0/s1. The Morgan fingerprint density at radius 2 is 2.12 bits per heavy atom. The van der Waals surface area contributed by atoms with E-state index in [4.69, 9.17) is 0 Å². The van der Waals surface area contributed by atoms with Crippen molar-refractivity contribution in [2.24, 2.45) is 5.92 Å². The Morgan fingerprint density at radius 3 is 2.76 bits per heavy atom. The summed E-state index contributed by atoms with van der Waals surface area (Å²) in [7, 11) is 0. The lowest BCUT2D eigenvalue weighted by Gasteiger charge is -2.31. The van der Waals surface area contributed by atoms with Crippen LogP contribution in [0.15, 0.2) is 30.8 Å². The van der Waals surface area contributed by atoms with Gasteiger partial charge in [0.25, 0.3) is 0 Å². The van der Waals surface area contributed by atoms with E-state index in [1.807, 2.05) is 6.08 Å². The highest BCUT2D eigenvalue weighted by atomic mass is 16.3. The molecule has 0 aromatic heterocycles. The van der Waals surface area contributed by atoms with Gasteiger partial charge >= 0.3 is 0 Å². The third-order valence-electron chi connectivity index (χ3n) is 3.48. The highest BCUT2D eigenvalue weighted by Crippen LogP contribution is 2.18. The molecule has 0 radical (unpaired) electrons. The third kappa shape index (κ3) is 3.42. The Bertz CT molecular complexity index is 358. The molecule has 1 aliphatic heterocycles. The smallest absolute Gasteiger partial charge is 0.0471 e. The Morgan fingerprint density at radius 1 is 1.35 bits per heavy atom. The number of benzene rings is 1. The van der Waals surface area contributed by atoms with Crippen LogP contribution in [0.1, 0.15) is 24.0 Å². The number of likely N-dealkylation sites (tertiary alicyclic amines) is 1. The van der Waals surface area contributed by atoms with E-state index in [-0.39, 0.29) is 0 Å². The van der Waals surface area contributed by atoms with E-state index in [1.165, 1.54) is 24.0 Å². The van der Waals surface area contributed by atoms with Gasteiger partial charge in [0.15, 0.2) is 0 Å². The van der Waals surface area contributed by atoms with Crippen molar-refractivity contribution < 1.29 is 5.11 Å². The topological polar surface area (TPSA) is 23.5 Å². The van der Waals surface area contributed by atoms with Crippen LogP contribution in [-0.2, 0) is 6.54 Å². The highest BCUT2D eigenvalue weighted by Gasteiger charge is 2.18. The Labute approximate surface area is 104 Å². The summed E-state index contributed by atoms with van der Waals surface area (Å²) in [5.41, 5.74) is 2.51. The summed E-state index contributed by atoms with van der Waals surface area (Å²) in [5.74, 6) is 0.469. The summed E-state index contributed by atoms with van der Waals surface area (Å²) in [6.45, 7) is 7.26. The Hall–Kier alpha value is -1.12. The maximum atomic E-state index is 9.21. The molecule has 1 aliphatic rings. The molecule has 1 fully saturated rings. The van der Waals surface area contributed by atoms with Crippen molar-refractivity contribution in [2.45, 2.75) is 19.4 Å². The van der Waals surface area contributed by atoms with Gasteiger partial charge in [-0.25, -0.2) is 0 Å². The molecule has 0 saturated carbocycles. The van der Waals surface area contributed by atoms with Crippen molar-refractivity contribution >= 4 is 6.08 Å². The normalized spacial score (nSPS) is 21.4. The number of hydrogen-bond acceptors (Lipinski definition) is 2. The van der Waals surface area contributed by atoms with Crippen molar-refractivity contribution in [3.8, 4) is 0 Å². The maximum absolute atomic E-state index is 9.21. The second-order valence-corrected chi connectivity index (χ2v) is 4.87. The average Bonchev–Trinajstić information content (AvgIpc) is 2.40. The average molecular weight is 231 g/mol. The van der Waals surface area contributed by atoms with E-state index in [0.29, 0.717) is 12.5 Å². The van der Waals surface area contributed by atoms with Gasteiger partial charge in [0, 0.05) is 19.7 Å². The van der Waals surface area contributed by atoms with Crippen LogP contribution in [0.4, 0.5) is 0 Å². The zero-order valence-electron chi connectivity index (χ0n) is 10.3. The lowest BCUT2D eigenvalue weighted by atomic mass is 9.98. The molecule has 17 heavy (non-hydrogen) atoms. The highest BCUT2D eigenvalue weighted by molar-refractivity contribution is 5.47. The maximum Gasteiger partial charge on any atom is 0.0471 e. The molecule has 0 aliphatic carbocycles. The Kier molecular flexibility index (Phi) is 4.35. The third-order valence-corrected chi connectivity index (χ3v) is 3.48. The molecule has 0 unspecified atom stereocenters. The molecule has 1 atom stereocenters. The second-order valence-electron chi connectivity index (χ2n) is 4.87. The SMILES string of the molecule is C=Cc1ccc(CN2CCC[C@H](CO)C2)cc1. The molecule has 1 heterocycles. The van der Waals surface area contributed by atoms with Crippen molar-refractivity contribution in [1.82, 2.24) is 4.90 Å². The van der Waals surface area contributed by atoms with Crippen molar-refractivity contribution in [1.29, 1.82) is 0 Å². The number of aliphatic hydroxyl groups is 1. The minimum absolute atomic E-state index is 0.325. The quantitative estimate of drug-likeness (QED) is 0.860. The van der Waals surface area contributed by atoms with Gasteiger partial charge in [-0.15, -0.1) is 0 Å². The first kappa shape index (κ1) is 12.3. The van der Waals surface area contributed by atoms with Crippen molar-refractivity contribution in [2.75, 3.05) is 19.7 Å². The molecule has 0 amide bonds. The van der Waals surface area contributed by atoms with Crippen molar-refractivity contribution in [3.63, 3.8) is 0 Å². The Balaban J connectivity index is 1.92. The van der Waals surface area contributed by atoms with Gasteiger partial charge in [-0.1, -0.05) is 36.9 Å². The van der Waals surface area contributed by atoms with Crippen molar-refractivity contribution in [3.05, 3.63) is 42.0 Å². The second kappa shape index (κ2) is 5.99. The molecule has 2 rings (SSSR count). The number of rotatable bonds is 4. The van der Waals surface area contributed by atoms with E-state index in [9.17, 15) is 5.11 Å².